The first kappa shape index (κ1) is 12.3. The number of hydrogen-bond donors (Lipinski definition) is 1. The van der Waals surface area contributed by atoms with E-state index < -0.39 is 17.8 Å². The number of furan rings is 1. The van der Waals surface area contributed by atoms with Gasteiger partial charge in [0.05, 0.1) is 5.69 Å². The molecule has 0 unspecified atom stereocenters. The largest absolute Gasteiger partial charge is 0.451 e. The first-order valence-corrected chi connectivity index (χ1v) is 5.75. The molecule has 0 saturated heterocycles. The average Bonchev–Trinajstić information content (AvgIpc) is 2.86. The van der Waals surface area contributed by atoms with Crippen LogP contribution in [0.5, 0.6) is 0 Å². The zero-order valence-corrected chi connectivity index (χ0v) is 10.1. The second kappa shape index (κ2) is 4.73. The Morgan fingerprint density at radius 2 is 1.95 bits per heavy atom. The maximum Gasteiger partial charge on any atom is 0.291 e. The maximum absolute atomic E-state index is 13.3. The summed E-state index contributed by atoms with van der Waals surface area (Å²) in [4.78, 5) is 14.9. The van der Waals surface area contributed by atoms with Crippen molar-refractivity contribution >= 4 is 22.6 Å². The number of aromatic nitrogens is 1. The molecule has 0 spiro atoms. The molecule has 2 heterocycles. The molecule has 0 bridgehead atoms. The fraction of sp³-hybridized carbons (Fsp3) is 0. The number of nitrogens with zero attached hydrogens (tertiary/aromatic N) is 1. The molecule has 6 heteroatoms. The van der Waals surface area contributed by atoms with Crippen LogP contribution in [0.4, 0.5) is 14.5 Å². The van der Waals surface area contributed by atoms with Gasteiger partial charge in [-0.3, -0.25) is 4.79 Å². The number of carbonyl (C=O) groups is 1. The van der Waals surface area contributed by atoms with E-state index in [0.717, 1.165) is 17.5 Å². The van der Waals surface area contributed by atoms with Gasteiger partial charge in [-0.05, 0) is 24.3 Å². The lowest BCUT2D eigenvalue weighted by molar-refractivity contribution is 0.0998. The van der Waals surface area contributed by atoms with E-state index in [2.05, 4.69) is 10.3 Å². The number of anilines is 1. The van der Waals surface area contributed by atoms with Gasteiger partial charge in [0.2, 0.25) is 11.9 Å². The Bertz CT molecular complexity index is 766. The summed E-state index contributed by atoms with van der Waals surface area (Å²) in [5, 5.41) is 3.04. The normalized spacial score (nSPS) is 10.7. The predicted octanol–water partition coefficient (Wildman–Crippen LogP) is 3.36. The van der Waals surface area contributed by atoms with Crippen LogP contribution in [0.25, 0.3) is 11.0 Å². The third-order valence-electron chi connectivity index (χ3n) is 2.71. The highest BCUT2D eigenvalue weighted by molar-refractivity contribution is 6.04. The van der Waals surface area contributed by atoms with Crippen LogP contribution in [-0.2, 0) is 0 Å². The number of halogens is 2. The smallest absolute Gasteiger partial charge is 0.291 e. The summed E-state index contributed by atoms with van der Waals surface area (Å²) in [6.45, 7) is 0. The zero-order chi connectivity index (χ0) is 14.1. The van der Waals surface area contributed by atoms with Gasteiger partial charge in [0, 0.05) is 5.39 Å². The van der Waals surface area contributed by atoms with Gasteiger partial charge >= 0.3 is 0 Å². The highest BCUT2D eigenvalue weighted by Crippen LogP contribution is 2.20. The first-order valence-electron chi connectivity index (χ1n) is 5.75. The molecule has 100 valence electrons. The summed E-state index contributed by atoms with van der Waals surface area (Å²) in [5.41, 5.74) is 0.340. The van der Waals surface area contributed by atoms with Gasteiger partial charge in [0.15, 0.2) is 5.76 Å². The Morgan fingerprint density at radius 3 is 2.70 bits per heavy atom. The summed E-state index contributed by atoms with van der Waals surface area (Å²) < 4.78 is 31.3. The molecule has 0 aliphatic heterocycles. The molecule has 0 atom stereocenters. The number of nitrogens with one attached hydrogen (secondary N) is 1. The van der Waals surface area contributed by atoms with Crippen molar-refractivity contribution in [1.29, 1.82) is 0 Å². The van der Waals surface area contributed by atoms with Gasteiger partial charge in [0.25, 0.3) is 5.91 Å². The number of carbonyl (C=O) groups excluding carboxylic acids is 1. The number of para-hydroxylation sites is 1. The summed E-state index contributed by atoms with van der Waals surface area (Å²) in [6, 6.07) is 10.7. The van der Waals surface area contributed by atoms with Crippen molar-refractivity contribution in [2.75, 3.05) is 5.32 Å². The number of pyridine rings is 1. The van der Waals surface area contributed by atoms with E-state index in [0.29, 0.717) is 5.58 Å². The summed E-state index contributed by atoms with van der Waals surface area (Å²) in [6.07, 6.45) is 0. The molecule has 4 nitrogen and oxygen atoms in total. The lowest BCUT2D eigenvalue weighted by Gasteiger charge is -2.03. The third kappa shape index (κ3) is 2.23. The van der Waals surface area contributed by atoms with Crippen molar-refractivity contribution in [3.05, 3.63) is 60.1 Å². The van der Waals surface area contributed by atoms with Gasteiger partial charge < -0.3 is 9.73 Å². The van der Waals surface area contributed by atoms with Crippen molar-refractivity contribution in [2.24, 2.45) is 0 Å². The molecule has 1 N–H and O–H groups in total. The minimum atomic E-state index is -1.09. The quantitative estimate of drug-likeness (QED) is 0.729. The lowest BCUT2D eigenvalue weighted by Crippen LogP contribution is -2.12. The Kier molecular flexibility index (Phi) is 2.90. The molecule has 20 heavy (non-hydrogen) atoms. The molecule has 0 radical (unpaired) electrons. The molecule has 0 saturated carbocycles. The minimum Gasteiger partial charge on any atom is -0.451 e. The van der Waals surface area contributed by atoms with Crippen LogP contribution in [-0.4, -0.2) is 10.9 Å². The van der Waals surface area contributed by atoms with E-state index in [1.165, 1.54) is 0 Å². The molecule has 2 aromatic heterocycles. The van der Waals surface area contributed by atoms with Gasteiger partial charge in [0.1, 0.15) is 5.58 Å². The zero-order valence-electron chi connectivity index (χ0n) is 10.1. The Hall–Kier alpha value is -2.76. The first-order chi connectivity index (χ1) is 9.63. The van der Waals surface area contributed by atoms with E-state index >= 15 is 0 Å². The molecular formula is C14H8F2N2O2. The Morgan fingerprint density at radius 1 is 1.15 bits per heavy atom. The SMILES string of the molecule is O=C(Nc1ccc(F)nc1F)c1cc2ccccc2o1. The third-order valence-corrected chi connectivity index (χ3v) is 2.71. The van der Waals surface area contributed by atoms with Gasteiger partial charge in [-0.25, -0.2) is 0 Å². The molecular weight excluding hydrogens is 266 g/mol. The number of fused-ring (bicyclic) bond motifs is 1. The molecule has 0 aliphatic rings. The highest BCUT2D eigenvalue weighted by Gasteiger charge is 2.15. The number of rotatable bonds is 2. The second-order valence-corrected chi connectivity index (χ2v) is 4.07. The van der Waals surface area contributed by atoms with E-state index in [1.807, 2.05) is 6.07 Å². The second-order valence-electron chi connectivity index (χ2n) is 4.07. The summed E-state index contributed by atoms with van der Waals surface area (Å²) in [5.74, 6) is -2.64. The average molecular weight is 274 g/mol. The van der Waals surface area contributed by atoms with Crippen molar-refractivity contribution in [3.63, 3.8) is 0 Å². The Labute approximate surface area is 112 Å². The van der Waals surface area contributed by atoms with Crippen LogP contribution >= 0.6 is 0 Å². The van der Waals surface area contributed by atoms with Crippen molar-refractivity contribution in [2.45, 2.75) is 0 Å². The topological polar surface area (TPSA) is 55.1 Å². The van der Waals surface area contributed by atoms with Crippen molar-refractivity contribution in [3.8, 4) is 0 Å². The molecule has 0 fully saturated rings. The summed E-state index contributed by atoms with van der Waals surface area (Å²) in [7, 11) is 0. The molecule has 3 rings (SSSR count). The van der Waals surface area contributed by atoms with Crippen LogP contribution in [0.15, 0.2) is 46.9 Å². The van der Waals surface area contributed by atoms with Gasteiger partial charge in [-0.1, -0.05) is 18.2 Å². The summed E-state index contributed by atoms with van der Waals surface area (Å²) >= 11 is 0. The molecule has 0 aliphatic carbocycles. The number of hydrogen-bond acceptors (Lipinski definition) is 3. The number of benzene rings is 1. The molecule has 3 aromatic rings. The van der Waals surface area contributed by atoms with Gasteiger partial charge in [-0.15, -0.1) is 0 Å². The van der Waals surface area contributed by atoms with Crippen LogP contribution in [0.1, 0.15) is 10.6 Å². The monoisotopic (exact) mass is 274 g/mol. The van der Waals surface area contributed by atoms with Crippen LogP contribution in [0.3, 0.4) is 0 Å². The van der Waals surface area contributed by atoms with Gasteiger partial charge in [-0.2, -0.15) is 13.8 Å². The van der Waals surface area contributed by atoms with E-state index in [4.69, 9.17) is 4.42 Å². The van der Waals surface area contributed by atoms with E-state index in [9.17, 15) is 13.6 Å². The van der Waals surface area contributed by atoms with Crippen LogP contribution in [0, 0.1) is 11.9 Å². The highest BCUT2D eigenvalue weighted by atomic mass is 19.1. The fourth-order valence-corrected chi connectivity index (χ4v) is 1.78. The fourth-order valence-electron chi connectivity index (χ4n) is 1.78. The number of amides is 1. The lowest BCUT2D eigenvalue weighted by atomic mass is 10.2. The minimum absolute atomic E-state index is 0.0370. The van der Waals surface area contributed by atoms with Crippen LogP contribution in [0.2, 0.25) is 0 Å². The molecule has 1 amide bonds. The van der Waals surface area contributed by atoms with E-state index in [-0.39, 0.29) is 11.4 Å². The van der Waals surface area contributed by atoms with Crippen molar-refractivity contribution < 1.29 is 18.0 Å². The molecule has 1 aromatic carbocycles. The standard InChI is InChI=1S/C14H8F2N2O2/c15-12-6-5-9(13(16)18-12)17-14(19)11-7-8-3-1-2-4-10(8)20-11/h1-7H,(H,17,19). The predicted molar refractivity (Wildman–Crippen MR) is 68.3 cm³/mol. The maximum atomic E-state index is 13.3. The van der Waals surface area contributed by atoms with Crippen LogP contribution < -0.4 is 5.32 Å². The Balaban J connectivity index is 1.89. The van der Waals surface area contributed by atoms with E-state index in [1.54, 1.807) is 24.3 Å². The van der Waals surface area contributed by atoms with Crippen molar-refractivity contribution in [1.82, 2.24) is 4.98 Å².